The zero-order chi connectivity index (χ0) is 19.8. The molecule has 1 atom stereocenters. The second-order valence-corrected chi connectivity index (χ2v) is 7.06. The van der Waals surface area contributed by atoms with Crippen molar-refractivity contribution in [2.45, 2.75) is 12.3 Å². The van der Waals surface area contributed by atoms with E-state index in [2.05, 4.69) is 9.97 Å². The monoisotopic (exact) mass is 385 g/mol. The Kier molecular flexibility index (Phi) is 4.24. The average molecular weight is 385 g/mol. The van der Waals surface area contributed by atoms with Gasteiger partial charge >= 0.3 is 0 Å². The van der Waals surface area contributed by atoms with Gasteiger partial charge < -0.3 is 14.6 Å². The van der Waals surface area contributed by atoms with E-state index in [1.54, 1.807) is 19.5 Å². The van der Waals surface area contributed by atoms with Crippen LogP contribution in [0, 0.1) is 0 Å². The van der Waals surface area contributed by atoms with Gasteiger partial charge in [-0.25, -0.2) is 4.98 Å². The average Bonchev–Trinajstić information content (AvgIpc) is 2.78. The quantitative estimate of drug-likeness (QED) is 0.571. The third-order valence-corrected chi connectivity index (χ3v) is 5.25. The lowest BCUT2D eigenvalue weighted by Gasteiger charge is -2.25. The molecule has 29 heavy (non-hydrogen) atoms. The van der Waals surface area contributed by atoms with Gasteiger partial charge in [0.15, 0.2) is 0 Å². The Hall–Kier alpha value is -3.67. The smallest absolute Gasteiger partial charge is 0.222 e. The van der Waals surface area contributed by atoms with E-state index in [1.165, 1.54) is 0 Å². The molecule has 0 bridgehead atoms. The first-order valence-corrected chi connectivity index (χ1v) is 9.42. The number of hydrogen-bond acceptors (Lipinski definition) is 6. The van der Waals surface area contributed by atoms with E-state index in [4.69, 9.17) is 14.5 Å². The molecule has 6 heteroatoms. The van der Waals surface area contributed by atoms with Gasteiger partial charge in [-0.05, 0) is 65.6 Å². The maximum absolute atomic E-state index is 10.6. The summed E-state index contributed by atoms with van der Waals surface area (Å²) in [5.74, 6) is 2.18. The minimum atomic E-state index is -0.0372. The number of ether oxygens (including phenoxy) is 2. The predicted molar refractivity (Wildman–Crippen MR) is 109 cm³/mol. The maximum Gasteiger partial charge on any atom is 0.222 e. The second kappa shape index (κ2) is 7.05. The number of benzene rings is 2. The van der Waals surface area contributed by atoms with Gasteiger partial charge in [-0.2, -0.15) is 4.98 Å². The van der Waals surface area contributed by atoms with E-state index in [9.17, 15) is 5.11 Å². The second-order valence-electron chi connectivity index (χ2n) is 7.06. The molecule has 0 fully saturated rings. The lowest BCUT2D eigenvalue weighted by Crippen LogP contribution is -2.21. The lowest BCUT2D eigenvalue weighted by atomic mass is 9.95. The summed E-state index contributed by atoms with van der Waals surface area (Å²) in [6.45, 7) is 0.472. The van der Waals surface area contributed by atoms with Crippen LogP contribution >= 0.6 is 0 Å². The van der Waals surface area contributed by atoms with Crippen molar-refractivity contribution in [3.8, 4) is 28.5 Å². The van der Waals surface area contributed by atoms with Crippen LogP contribution in [0.15, 0.2) is 60.9 Å². The summed E-state index contributed by atoms with van der Waals surface area (Å²) in [5, 5.41) is 11.2. The molecule has 1 aliphatic rings. The van der Waals surface area contributed by atoms with Gasteiger partial charge in [0, 0.05) is 12.4 Å². The number of methoxy groups -OCH3 is 1. The first-order valence-electron chi connectivity index (χ1n) is 9.42. The molecule has 6 nitrogen and oxygen atoms in total. The minimum Gasteiger partial charge on any atom is -0.497 e. The molecule has 0 aliphatic carbocycles. The topological polar surface area (TPSA) is 77.4 Å². The third kappa shape index (κ3) is 3.23. The zero-order valence-corrected chi connectivity index (χ0v) is 15.9. The predicted octanol–water partition coefficient (Wildman–Crippen LogP) is 4.12. The highest BCUT2D eigenvalue weighted by Crippen LogP contribution is 2.35. The van der Waals surface area contributed by atoms with Gasteiger partial charge in [0.25, 0.3) is 0 Å². The summed E-state index contributed by atoms with van der Waals surface area (Å²) in [6, 6.07) is 15.4. The molecule has 1 N–H and O–H groups in total. The molecule has 144 valence electrons. The van der Waals surface area contributed by atoms with Crippen LogP contribution in [0.5, 0.6) is 17.4 Å². The van der Waals surface area contributed by atoms with Crippen LogP contribution in [0.2, 0.25) is 0 Å². The van der Waals surface area contributed by atoms with Crippen molar-refractivity contribution in [2.24, 2.45) is 0 Å². The Labute approximate surface area is 167 Å². The molecule has 3 heterocycles. The molecule has 1 aliphatic heterocycles. The molecule has 4 aromatic rings. The first kappa shape index (κ1) is 17.4. The van der Waals surface area contributed by atoms with Crippen LogP contribution < -0.4 is 9.47 Å². The van der Waals surface area contributed by atoms with Crippen molar-refractivity contribution in [2.75, 3.05) is 13.7 Å². The Morgan fingerprint density at radius 1 is 1.00 bits per heavy atom. The van der Waals surface area contributed by atoms with E-state index in [1.807, 2.05) is 48.5 Å². The van der Waals surface area contributed by atoms with E-state index in [0.29, 0.717) is 23.3 Å². The molecule has 0 amide bonds. The number of nitrogens with zero attached hydrogens (tertiary/aromatic N) is 3. The summed E-state index contributed by atoms with van der Waals surface area (Å²) >= 11 is 0. The molecule has 0 spiro atoms. The van der Waals surface area contributed by atoms with Crippen molar-refractivity contribution in [1.82, 2.24) is 15.0 Å². The Morgan fingerprint density at radius 2 is 1.86 bits per heavy atom. The summed E-state index contributed by atoms with van der Waals surface area (Å²) in [7, 11) is 1.65. The lowest BCUT2D eigenvalue weighted by molar-refractivity contribution is 0.256. The Balaban J connectivity index is 1.50. The molecule has 0 radical (unpaired) electrons. The fraction of sp³-hybridized carbons (Fsp3) is 0.174. The summed E-state index contributed by atoms with van der Waals surface area (Å²) < 4.78 is 11.2. The normalized spacial score (nSPS) is 15.6. The molecule has 0 saturated carbocycles. The number of aromatic nitrogens is 3. The standard InChI is InChI=1S/C23H19N3O3/c1-28-18-3-5-21-16(11-18)10-17(13-29-21)22-25-20-4-2-15(12-19(20)23(27)26-22)14-6-8-24-9-7-14/h2-9,11-12,17H,10,13H2,1H3,(H,25,26,27). The first-order chi connectivity index (χ1) is 14.2. The van der Waals surface area contributed by atoms with Crippen molar-refractivity contribution in [3.63, 3.8) is 0 Å². The molecule has 0 saturated heterocycles. The number of rotatable bonds is 3. The van der Waals surface area contributed by atoms with Crippen LogP contribution in [0.1, 0.15) is 17.3 Å². The maximum atomic E-state index is 10.6. The highest BCUT2D eigenvalue weighted by molar-refractivity contribution is 5.88. The van der Waals surface area contributed by atoms with Crippen LogP contribution in [0.4, 0.5) is 0 Å². The molecular formula is C23H19N3O3. The minimum absolute atomic E-state index is 0.0163. The third-order valence-electron chi connectivity index (χ3n) is 5.25. The van der Waals surface area contributed by atoms with Crippen LogP contribution in [-0.2, 0) is 6.42 Å². The van der Waals surface area contributed by atoms with Crippen molar-refractivity contribution < 1.29 is 14.6 Å². The number of fused-ring (bicyclic) bond motifs is 2. The van der Waals surface area contributed by atoms with E-state index < -0.39 is 0 Å². The van der Waals surface area contributed by atoms with Crippen LogP contribution in [0.3, 0.4) is 0 Å². The van der Waals surface area contributed by atoms with E-state index in [-0.39, 0.29) is 11.8 Å². The van der Waals surface area contributed by atoms with Gasteiger partial charge in [0.05, 0.1) is 30.5 Å². The Morgan fingerprint density at radius 3 is 2.69 bits per heavy atom. The largest absolute Gasteiger partial charge is 0.497 e. The number of aromatic hydroxyl groups is 1. The summed E-state index contributed by atoms with van der Waals surface area (Å²) in [6.07, 6.45) is 4.22. The molecule has 5 rings (SSSR count). The van der Waals surface area contributed by atoms with Crippen molar-refractivity contribution in [1.29, 1.82) is 0 Å². The van der Waals surface area contributed by atoms with Crippen molar-refractivity contribution >= 4 is 10.9 Å². The highest BCUT2D eigenvalue weighted by Gasteiger charge is 2.25. The van der Waals surface area contributed by atoms with E-state index in [0.717, 1.165) is 34.6 Å². The summed E-state index contributed by atoms with van der Waals surface area (Å²) in [5.41, 5.74) is 3.77. The highest BCUT2D eigenvalue weighted by atomic mass is 16.5. The SMILES string of the molecule is COc1ccc2c(c1)CC(c1nc(O)c3cc(-c4ccncc4)ccc3n1)CO2. The summed E-state index contributed by atoms with van der Waals surface area (Å²) in [4.78, 5) is 13.2. The molecule has 2 aromatic heterocycles. The van der Waals surface area contributed by atoms with Crippen LogP contribution in [-0.4, -0.2) is 33.8 Å². The van der Waals surface area contributed by atoms with Gasteiger partial charge in [-0.3, -0.25) is 4.98 Å². The van der Waals surface area contributed by atoms with Gasteiger partial charge in [0.2, 0.25) is 5.88 Å². The van der Waals surface area contributed by atoms with Crippen LogP contribution in [0.25, 0.3) is 22.0 Å². The molecule has 2 aromatic carbocycles. The van der Waals surface area contributed by atoms with Crippen molar-refractivity contribution in [3.05, 3.63) is 72.3 Å². The van der Waals surface area contributed by atoms with E-state index >= 15 is 0 Å². The fourth-order valence-corrected chi connectivity index (χ4v) is 3.70. The molecule has 1 unspecified atom stereocenters. The van der Waals surface area contributed by atoms with Gasteiger partial charge in [-0.1, -0.05) is 6.07 Å². The molecular weight excluding hydrogens is 366 g/mol. The Bertz CT molecular complexity index is 1190. The van der Waals surface area contributed by atoms with Gasteiger partial charge in [-0.15, -0.1) is 0 Å². The zero-order valence-electron chi connectivity index (χ0n) is 15.9. The fourth-order valence-electron chi connectivity index (χ4n) is 3.70. The number of hydrogen-bond donors (Lipinski definition) is 1. The number of pyridine rings is 1. The van der Waals surface area contributed by atoms with Gasteiger partial charge in [0.1, 0.15) is 17.3 Å².